The first kappa shape index (κ1) is 20.8. The number of hydrogen-bond donors (Lipinski definition) is 0. The van der Waals surface area contributed by atoms with Crippen LogP contribution >= 0.6 is 0 Å². The fourth-order valence-electron chi connectivity index (χ4n) is 4.57. The van der Waals surface area contributed by atoms with Crippen LogP contribution in [0.3, 0.4) is 0 Å². The Balaban J connectivity index is 1.62. The van der Waals surface area contributed by atoms with Gasteiger partial charge in [-0.25, -0.2) is 4.79 Å². The van der Waals surface area contributed by atoms with Crippen LogP contribution in [0.15, 0.2) is 23.4 Å². The highest BCUT2D eigenvalue weighted by atomic mass is 19.4. The summed E-state index contributed by atoms with van der Waals surface area (Å²) in [5.41, 5.74) is -0.116. The molecule has 1 saturated heterocycles. The first-order valence-electron chi connectivity index (χ1n) is 10.0. The molecule has 0 radical (unpaired) electrons. The molecule has 4 rings (SSSR count). The summed E-state index contributed by atoms with van der Waals surface area (Å²) >= 11 is 0. The van der Waals surface area contributed by atoms with Crippen LogP contribution in [0.2, 0.25) is 0 Å². The first-order chi connectivity index (χ1) is 13.9. The van der Waals surface area contributed by atoms with Gasteiger partial charge in [0.15, 0.2) is 5.60 Å². The standard InChI is InChI=1S/C21H25F3N3O3/c1-13-17(20(30-19(13)29)5-8-27(2,3)9-6-20)18(28)26-7-4-16-14(12-26)10-15(11-25-16)21(22,23)24/h10-11H,4-9,12H2,1-3H3/q+1. The van der Waals surface area contributed by atoms with Crippen molar-refractivity contribution in [2.24, 2.45) is 0 Å². The third-order valence-electron chi connectivity index (χ3n) is 6.53. The molecular weight excluding hydrogens is 399 g/mol. The second-order valence-corrected chi connectivity index (χ2v) is 9.07. The number of rotatable bonds is 1. The Labute approximate surface area is 172 Å². The zero-order valence-electron chi connectivity index (χ0n) is 17.3. The van der Waals surface area contributed by atoms with E-state index in [1.54, 1.807) is 6.92 Å². The smallest absolute Gasteiger partial charge is 0.417 e. The van der Waals surface area contributed by atoms with Gasteiger partial charge in [0, 0.05) is 49.8 Å². The van der Waals surface area contributed by atoms with Crippen molar-refractivity contribution < 1.29 is 32.0 Å². The van der Waals surface area contributed by atoms with Crippen molar-refractivity contribution in [3.05, 3.63) is 40.2 Å². The molecule has 1 aromatic heterocycles. The molecule has 0 N–H and O–H groups in total. The molecule has 1 fully saturated rings. The Morgan fingerprint density at radius 3 is 2.57 bits per heavy atom. The molecule has 0 aliphatic carbocycles. The van der Waals surface area contributed by atoms with Gasteiger partial charge in [-0.2, -0.15) is 13.2 Å². The highest BCUT2D eigenvalue weighted by Crippen LogP contribution is 2.43. The van der Waals surface area contributed by atoms with Gasteiger partial charge in [0.1, 0.15) is 0 Å². The van der Waals surface area contributed by atoms with Crippen molar-refractivity contribution >= 4 is 11.9 Å². The number of piperidine rings is 1. The average Bonchev–Trinajstić information content (AvgIpc) is 2.92. The summed E-state index contributed by atoms with van der Waals surface area (Å²) in [7, 11) is 4.18. The van der Waals surface area contributed by atoms with E-state index in [4.69, 9.17) is 4.74 Å². The molecule has 4 heterocycles. The molecule has 30 heavy (non-hydrogen) atoms. The second-order valence-electron chi connectivity index (χ2n) is 9.07. The van der Waals surface area contributed by atoms with Crippen molar-refractivity contribution in [2.45, 2.75) is 44.5 Å². The molecule has 0 bridgehead atoms. The molecular formula is C21H25F3N3O3+. The minimum atomic E-state index is -4.49. The molecule has 3 aliphatic rings. The number of alkyl halides is 3. The normalized spacial score (nSPS) is 22.9. The minimum Gasteiger partial charge on any atom is -0.450 e. The van der Waals surface area contributed by atoms with Crippen LogP contribution in [-0.4, -0.2) is 65.6 Å². The molecule has 0 atom stereocenters. The summed E-state index contributed by atoms with van der Waals surface area (Å²) in [5, 5.41) is 0. The SMILES string of the molecule is CC1=C(C(=O)N2CCc3ncc(C(F)(F)F)cc3C2)C2(CC[N+](C)(C)CC2)OC1=O. The highest BCUT2D eigenvalue weighted by molar-refractivity contribution is 6.07. The maximum absolute atomic E-state index is 13.5. The van der Waals surface area contributed by atoms with E-state index < -0.39 is 23.3 Å². The predicted octanol–water partition coefficient (Wildman–Crippen LogP) is 2.47. The van der Waals surface area contributed by atoms with Gasteiger partial charge in [0.25, 0.3) is 5.91 Å². The molecule has 162 valence electrons. The summed E-state index contributed by atoms with van der Waals surface area (Å²) in [6.45, 7) is 3.50. The van der Waals surface area contributed by atoms with E-state index >= 15 is 0 Å². The maximum atomic E-state index is 13.5. The van der Waals surface area contributed by atoms with Crippen molar-refractivity contribution in [2.75, 3.05) is 33.7 Å². The summed E-state index contributed by atoms with van der Waals surface area (Å²) in [4.78, 5) is 31.3. The minimum absolute atomic E-state index is 0.0354. The van der Waals surface area contributed by atoms with Crippen molar-refractivity contribution in [3.8, 4) is 0 Å². The number of aromatic nitrogens is 1. The Bertz CT molecular complexity index is 943. The van der Waals surface area contributed by atoms with E-state index in [-0.39, 0.29) is 12.5 Å². The van der Waals surface area contributed by atoms with E-state index in [0.29, 0.717) is 48.2 Å². The Morgan fingerprint density at radius 2 is 1.93 bits per heavy atom. The molecule has 3 aliphatic heterocycles. The van der Waals surface area contributed by atoms with Gasteiger partial charge >= 0.3 is 12.1 Å². The third kappa shape index (κ3) is 3.49. The number of likely N-dealkylation sites (tertiary alicyclic amines) is 1. The monoisotopic (exact) mass is 424 g/mol. The average molecular weight is 424 g/mol. The third-order valence-corrected chi connectivity index (χ3v) is 6.53. The topological polar surface area (TPSA) is 59.5 Å². The van der Waals surface area contributed by atoms with Gasteiger partial charge in [0.05, 0.1) is 38.3 Å². The molecule has 6 nitrogen and oxygen atoms in total. The number of quaternary nitrogens is 1. The van der Waals surface area contributed by atoms with Crippen LogP contribution < -0.4 is 0 Å². The van der Waals surface area contributed by atoms with Gasteiger partial charge in [-0.3, -0.25) is 9.78 Å². The van der Waals surface area contributed by atoms with Crippen molar-refractivity contribution in [1.82, 2.24) is 9.88 Å². The van der Waals surface area contributed by atoms with Gasteiger partial charge in [-0.1, -0.05) is 0 Å². The zero-order valence-corrected chi connectivity index (χ0v) is 17.3. The Hall–Kier alpha value is -2.42. The van der Waals surface area contributed by atoms with Crippen LogP contribution in [0.5, 0.6) is 0 Å². The van der Waals surface area contributed by atoms with Gasteiger partial charge < -0.3 is 14.1 Å². The van der Waals surface area contributed by atoms with Crippen LogP contribution in [0.1, 0.15) is 36.6 Å². The quantitative estimate of drug-likeness (QED) is 0.513. The lowest BCUT2D eigenvalue weighted by molar-refractivity contribution is -0.897. The highest BCUT2D eigenvalue weighted by Gasteiger charge is 2.54. The largest absolute Gasteiger partial charge is 0.450 e. The van der Waals surface area contributed by atoms with E-state index in [1.165, 1.54) is 4.90 Å². The van der Waals surface area contributed by atoms with Crippen LogP contribution in [0, 0.1) is 0 Å². The lowest BCUT2D eigenvalue weighted by atomic mass is 9.81. The number of ether oxygens (including phenoxy) is 1. The number of hydrogen-bond acceptors (Lipinski definition) is 4. The molecule has 1 spiro atoms. The zero-order chi connectivity index (χ0) is 21.9. The van der Waals surface area contributed by atoms with Crippen molar-refractivity contribution in [3.63, 3.8) is 0 Å². The number of nitrogens with zero attached hydrogens (tertiary/aromatic N) is 3. The number of halogens is 3. The molecule has 0 aromatic carbocycles. The molecule has 9 heteroatoms. The summed E-state index contributed by atoms with van der Waals surface area (Å²) in [6, 6.07) is 1.07. The molecule has 1 amide bonds. The van der Waals surface area contributed by atoms with Gasteiger partial charge in [-0.05, 0) is 18.6 Å². The Morgan fingerprint density at radius 1 is 1.27 bits per heavy atom. The lowest BCUT2D eigenvalue weighted by Crippen LogP contribution is -2.55. The van der Waals surface area contributed by atoms with E-state index in [1.807, 2.05) is 0 Å². The van der Waals surface area contributed by atoms with E-state index in [9.17, 15) is 22.8 Å². The number of pyridine rings is 1. The van der Waals surface area contributed by atoms with Crippen LogP contribution in [0.4, 0.5) is 13.2 Å². The van der Waals surface area contributed by atoms with E-state index in [0.717, 1.165) is 29.8 Å². The number of fused-ring (bicyclic) bond motifs is 1. The maximum Gasteiger partial charge on any atom is 0.417 e. The Kier molecular flexibility index (Phi) is 4.72. The summed E-state index contributed by atoms with van der Waals surface area (Å²) in [5.74, 6) is -0.808. The predicted molar refractivity (Wildman–Crippen MR) is 101 cm³/mol. The second kappa shape index (κ2) is 6.80. The van der Waals surface area contributed by atoms with Gasteiger partial charge in [0.2, 0.25) is 0 Å². The lowest BCUT2D eigenvalue weighted by Gasteiger charge is -2.43. The summed E-state index contributed by atoms with van der Waals surface area (Å²) in [6.07, 6.45) is -2.18. The number of carbonyl (C=O) groups excluding carboxylic acids is 2. The molecule has 0 unspecified atom stereocenters. The molecule has 0 saturated carbocycles. The first-order valence-corrected chi connectivity index (χ1v) is 10.0. The van der Waals surface area contributed by atoms with Crippen molar-refractivity contribution in [1.29, 1.82) is 0 Å². The van der Waals surface area contributed by atoms with Crippen LogP contribution in [0.25, 0.3) is 0 Å². The van der Waals surface area contributed by atoms with Gasteiger partial charge in [-0.15, -0.1) is 0 Å². The number of carbonyl (C=O) groups is 2. The number of amides is 1. The van der Waals surface area contributed by atoms with Crippen LogP contribution in [-0.2, 0) is 33.5 Å². The fraction of sp³-hybridized carbons (Fsp3) is 0.571. The fourth-order valence-corrected chi connectivity index (χ4v) is 4.57. The summed E-state index contributed by atoms with van der Waals surface area (Å²) < 4.78 is 45.7. The molecule has 1 aromatic rings. The van der Waals surface area contributed by atoms with E-state index in [2.05, 4.69) is 19.1 Å². The number of esters is 1.